The fourth-order valence-corrected chi connectivity index (χ4v) is 1.55. The molecule has 1 saturated heterocycles. The second-order valence-electron chi connectivity index (χ2n) is 3.22. The first-order valence-electron chi connectivity index (χ1n) is 4.68. The standard InChI is InChI=1S/C10H12N3O.B.4FH/c11-12-9-1-3-10(4-2-9)13-5-7-14-8-6-13;;;;;/h1-4H,5-8H2;;4*1H/q+1;+3;;;;/p-4. The summed E-state index contributed by atoms with van der Waals surface area (Å²) in [7, 11) is 0. The van der Waals surface area contributed by atoms with Crippen molar-refractivity contribution in [3.63, 3.8) is 0 Å². The van der Waals surface area contributed by atoms with E-state index >= 15 is 0 Å². The number of benzene rings is 1. The van der Waals surface area contributed by atoms with Gasteiger partial charge in [0, 0.05) is 30.9 Å². The number of anilines is 1. The maximum absolute atomic E-state index is 8.53. The van der Waals surface area contributed by atoms with Crippen LogP contribution in [-0.4, -0.2) is 34.7 Å². The van der Waals surface area contributed by atoms with E-state index < -0.39 is 0 Å². The number of hydrogen-bond acceptors (Lipinski definition) is 3. The van der Waals surface area contributed by atoms with Crippen molar-refractivity contribution in [2.24, 2.45) is 0 Å². The van der Waals surface area contributed by atoms with E-state index in [0.29, 0.717) is 5.69 Å². The molecule has 1 fully saturated rings. The van der Waals surface area contributed by atoms with Crippen LogP contribution >= 0.6 is 0 Å². The third-order valence-corrected chi connectivity index (χ3v) is 2.34. The largest absolute Gasteiger partial charge is 3.00 e. The normalized spacial score (nSPS) is 12.1. The molecule has 19 heavy (non-hydrogen) atoms. The van der Waals surface area contributed by atoms with Crippen molar-refractivity contribution in [2.45, 2.75) is 0 Å². The van der Waals surface area contributed by atoms with Gasteiger partial charge in [0.2, 0.25) is 5.39 Å². The Balaban J connectivity index is -0.000000225. The van der Waals surface area contributed by atoms with Crippen molar-refractivity contribution < 1.29 is 23.6 Å². The first-order valence-corrected chi connectivity index (χ1v) is 4.68. The molecule has 0 atom stereocenters. The minimum absolute atomic E-state index is 0. The Morgan fingerprint density at radius 1 is 0.947 bits per heavy atom. The van der Waals surface area contributed by atoms with Crippen molar-refractivity contribution in [3.8, 4) is 0 Å². The third kappa shape index (κ3) is 6.62. The molecule has 0 bridgehead atoms. The molecule has 1 heterocycles. The number of morpholine rings is 1. The first-order chi connectivity index (χ1) is 6.90. The van der Waals surface area contributed by atoms with Gasteiger partial charge >= 0.3 is 14.1 Å². The molecule has 0 amide bonds. The summed E-state index contributed by atoms with van der Waals surface area (Å²) in [4.78, 5) is 5.37. The molecule has 0 N–H and O–H groups in total. The van der Waals surface area contributed by atoms with Gasteiger partial charge in [-0.1, -0.05) is 0 Å². The molecule has 1 aliphatic heterocycles. The zero-order chi connectivity index (χ0) is 9.80. The summed E-state index contributed by atoms with van der Waals surface area (Å²) in [5, 5.41) is 8.53. The van der Waals surface area contributed by atoms with Gasteiger partial charge in [-0.3, -0.25) is 0 Å². The van der Waals surface area contributed by atoms with Crippen molar-refractivity contribution in [1.29, 1.82) is 5.39 Å². The third-order valence-electron chi connectivity index (χ3n) is 2.34. The second kappa shape index (κ2) is 12.6. The molecule has 2 rings (SSSR count). The number of rotatable bonds is 1. The molecule has 0 spiro atoms. The zero-order valence-corrected chi connectivity index (χ0v) is 9.98. The van der Waals surface area contributed by atoms with Gasteiger partial charge in [0.1, 0.15) is 0 Å². The van der Waals surface area contributed by atoms with Crippen LogP contribution in [0.25, 0.3) is 4.98 Å². The van der Waals surface area contributed by atoms with Crippen LogP contribution in [0, 0.1) is 5.39 Å². The van der Waals surface area contributed by atoms with E-state index in [1.165, 1.54) is 0 Å². The monoisotopic (exact) mass is 277 g/mol. The maximum Gasteiger partial charge on any atom is 3.00 e. The van der Waals surface area contributed by atoms with Crippen molar-refractivity contribution in [1.82, 2.24) is 0 Å². The summed E-state index contributed by atoms with van der Waals surface area (Å²) in [6.45, 7) is 3.42. The Bertz CT molecular complexity index is 355. The molecule has 4 nitrogen and oxygen atoms in total. The Morgan fingerprint density at radius 2 is 1.42 bits per heavy atom. The van der Waals surface area contributed by atoms with Crippen LogP contribution in [0.1, 0.15) is 0 Å². The molecule has 1 aliphatic rings. The molecule has 1 aromatic carbocycles. The Labute approximate surface area is 110 Å². The van der Waals surface area contributed by atoms with Crippen LogP contribution in [0.15, 0.2) is 24.3 Å². The van der Waals surface area contributed by atoms with Crippen molar-refractivity contribution >= 4 is 19.8 Å². The second-order valence-corrected chi connectivity index (χ2v) is 3.22. The van der Waals surface area contributed by atoms with E-state index in [9.17, 15) is 0 Å². The molecule has 0 aromatic heterocycles. The maximum atomic E-state index is 8.53. The van der Waals surface area contributed by atoms with Crippen LogP contribution in [0.5, 0.6) is 0 Å². The predicted octanol–water partition coefficient (Wildman–Crippen LogP) is -10.4. The van der Waals surface area contributed by atoms with Crippen LogP contribution in [-0.2, 0) is 4.74 Å². The van der Waals surface area contributed by atoms with Crippen molar-refractivity contribution in [2.75, 3.05) is 31.2 Å². The minimum Gasteiger partial charge on any atom is -1.00 e. The van der Waals surface area contributed by atoms with Crippen LogP contribution in [0.2, 0.25) is 0 Å². The predicted molar refractivity (Wildman–Crippen MR) is 60.0 cm³/mol. The number of halogens is 4. The summed E-state index contributed by atoms with van der Waals surface area (Å²) in [5.74, 6) is 0. The van der Waals surface area contributed by atoms with Gasteiger partial charge in [-0.25, -0.2) is 0 Å². The van der Waals surface area contributed by atoms with Crippen LogP contribution in [0.3, 0.4) is 0 Å². The summed E-state index contributed by atoms with van der Waals surface area (Å²) in [6.07, 6.45) is 0. The fourth-order valence-electron chi connectivity index (χ4n) is 1.55. The molecule has 0 unspecified atom stereocenters. The Morgan fingerprint density at radius 3 is 1.84 bits per heavy atom. The topological polar surface area (TPSA) is 40.6 Å². The summed E-state index contributed by atoms with van der Waals surface area (Å²) in [5.41, 5.74) is 1.74. The van der Waals surface area contributed by atoms with Gasteiger partial charge in [-0.15, -0.1) is 0 Å². The van der Waals surface area contributed by atoms with Gasteiger partial charge in [-0.05, 0) is 12.1 Å². The van der Waals surface area contributed by atoms with Crippen LogP contribution < -0.4 is 23.7 Å². The van der Waals surface area contributed by atoms with E-state index in [4.69, 9.17) is 10.1 Å². The quantitative estimate of drug-likeness (QED) is 0.291. The van der Waals surface area contributed by atoms with E-state index in [-0.39, 0.29) is 27.2 Å². The first kappa shape index (κ1) is 25.9. The van der Waals surface area contributed by atoms with Gasteiger partial charge in [0.25, 0.3) is 0 Å². The van der Waals surface area contributed by atoms with Gasteiger partial charge in [0.05, 0.1) is 13.2 Å². The average molecular weight is 277 g/mol. The Hall–Kier alpha value is -1.82. The van der Waals surface area contributed by atoms with Gasteiger partial charge in [0.15, 0.2) is 4.98 Å². The SMILES string of the molecule is N#[N+]c1ccc(N2CCOCC2)cc1.[B+3].[F-].[F-].[F-].[F-]. The summed E-state index contributed by atoms with van der Waals surface area (Å²) in [6, 6.07) is 7.51. The van der Waals surface area contributed by atoms with Gasteiger partial charge in [-0.2, -0.15) is 0 Å². The van der Waals surface area contributed by atoms with E-state index in [0.717, 1.165) is 32.0 Å². The van der Waals surface area contributed by atoms with Crippen LogP contribution in [0.4, 0.5) is 11.4 Å². The van der Waals surface area contributed by atoms with E-state index in [1.807, 2.05) is 12.1 Å². The van der Waals surface area contributed by atoms with E-state index in [1.54, 1.807) is 12.1 Å². The number of nitrogens with zero attached hydrogens (tertiary/aromatic N) is 3. The zero-order valence-electron chi connectivity index (χ0n) is 9.98. The smallest absolute Gasteiger partial charge is 1.00 e. The number of hydrogen-bond donors (Lipinski definition) is 0. The minimum atomic E-state index is 0. The number of diazo groups is 1. The average Bonchev–Trinajstić information content (AvgIpc) is 2.30. The van der Waals surface area contributed by atoms with E-state index in [2.05, 4.69) is 9.88 Å². The molecule has 9 heteroatoms. The molecule has 104 valence electrons. The molecule has 1 aromatic rings. The molecule has 0 radical (unpaired) electrons. The number of ether oxygens (including phenoxy) is 1. The van der Waals surface area contributed by atoms with Crippen molar-refractivity contribution in [3.05, 3.63) is 29.2 Å². The summed E-state index contributed by atoms with van der Waals surface area (Å²) >= 11 is 0. The fraction of sp³-hybridized carbons (Fsp3) is 0.400. The molecule has 0 saturated carbocycles. The molecule has 0 aliphatic carbocycles. The Kier molecular flexibility index (Phi) is 17.2. The molecular formula is C10H12BF4N3O. The summed E-state index contributed by atoms with van der Waals surface area (Å²) < 4.78 is 5.27. The molecular weight excluding hydrogens is 265 g/mol. The van der Waals surface area contributed by atoms with Gasteiger partial charge < -0.3 is 28.5 Å².